The molecule has 0 spiro atoms. The number of pyridine rings is 1. The van der Waals surface area contributed by atoms with Crippen molar-refractivity contribution in [3.05, 3.63) is 41.1 Å². The zero-order chi connectivity index (χ0) is 8.65. The van der Waals surface area contributed by atoms with E-state index in [1.807, 2.05) is 25.1 Å². The Balaban J connectivity index is 0.000000120. The fourth-order valence-corrected chi connectivity index (χ4v) is 0.882. The summed E-state index contributed by atoms with van der Waals surface area (Å²) >= 11 is 1.56. The van der Waals surface area contributed by atoms with Gasteiger partial charge < -0.3 is 0 Å². The molecule has 0 N–H and O–H groups in total. The standard InChI is InChI=1S/C5H5N.C3H4N2S/c1-2-4-6-5-3-1;1-3-5-4-2-6-3/h1-5H;2H,1H3. The van der Waals surface area contributed by atoms with E-state index in [0.717, 1.165) is 5.01 Å². The fourth-order valence-electron chi connectivity index (χ4n) is 0.541. The molecule has 0 aliphatic heterocycles. The van der Waals surface area contributed by atoms with Crippen LogP contribution in [0.5, 0.6) is 0 Å². The van der Waals surface area contributed by atoms with Gasteiger partial charge in [0.15, 0.2) is 0 Å². The third-order valence-corrected chi connectivity index (χ3v) is 1.66. The van der Waals surface area contributed by atoms with Crippen LogP contribution in [-0.2, 0) is 0 Å². The minimum Gasteiger partial charge on any atom is -0.265 e. The molecule has 0 amide bonds. The molecule has 0 aliphatic rings. The van der Waals surface area contributed by atoms with Gasteiger partial charge in [0.05, 0.1) is 0 Å². The Morgan fingerprint density at radius 1 is 1.17 bits per heavy atom. The Hall–Kier alpha value is -1.29. The van der Waals surface area contributed by atoms with E-state index in [1.54, 1.807) is 29.2 Å². The summed E-state index contributed by atoms with van der Waals surface area (Å²) < 4.78 is 0. The van der Waals surface area contributed by atoms with Crippen LogP contribution >= 0.6 is 11.3 Å². The summed E-state index contributed by atoms with van der Waals surface area (Å²) in [6.45, 7) is 1.93. The number of nitrogens with zero attached hydrogens (tertiary/aromatic N) is 3. The molecule has 0 atom stereocenters. The molecular weight excluding hydrogens is 170 g/mol. The summed E-state index contributed by atoms with van der Waals surface area (Å²) in [5.74, 6) is 0. The van der Waals surface area contributed by atoms with Gasteiger partial charge in [0, 0.05) is 12.4 Å². The molecule has 0 aliphatic carbocycles. The van der Waals surface area contributed by atoms with E-state index in [0.29, 0.717) is 0 Å². The highest BCUT2D eigenvalue weighted by Crippen LogP contribution is 1.94. The van der Waals surface area contributed by atoms with Crippen LogP contribution < -0.4 is 0 Å². The number of hydrogen-bond donors (Lipinski definition) is 0. The van der Waals surface area contributed by atoms with Crippen molar-refractivity contribution in [2.24, 2.45) is 0 Å². The maximum absolute atomic E-state index is 3.78. The molecule has 0 radical (unpaired) electrons. The van der Waals surface area contributed by atoms with Crippen molar-refractivity contribution in [1.82, 2.24) is 15.2 Å². The van der Waals surface area contributed by atoms with Gasteiger partial charge in [-0.25, -0.2) is 0 Å². The van der Waals surface area contributed by atoms with Crippen LogP contribution in [0.15, 0.2) is 36.1 Å². The lowest BCUT2D eigenvalue weighted by atomic mass is 10.5. The van der Waals surface area contributed by atoms with E-state index >= 15 is 0 Å². The molecule has 12 heavy (non-hydrogen) atoms. The third-order valence-electron chi connectivity index (χ3n) is 1.04. The van der Waals surface area contributed by atoms with Gasteiger partial charge in [0.1, 0.15) is 10.5 Å². The van der Waals surface area contributed by atoms with Crippen LogP contribution in [0.25, 0.3) is 0 Å². The minimum absolute atomic E-state index is 1.02. The number of rotatable bonds is 0. The molecule has 3 nitrogen and oxygen atoms in total. The van der Waals surface area contributed by atoms with Crippen molar-refractivity contribution in [3.8, 4) is 0 Å². The first-order chi connectivity index (χ1) is 5.89. The van der Waals surface area contributed by atoms with Crippen molar-refractivity contribution in [1.29, 1.82) is 0 Å². The highest BCUT2D eigenvalue weighted by atomic mass is 32.1. The first kappa shape index (κ1) is 8.80. The highest BCUT2D eigenvalue weighted by molar-refractivity contribution is 7.09. The average Bonchev–Trinajstić information content (AvgIpc) is 2.60. The molecule has 0 bridgehead atoms. The first-order valence-corrected chi connectivity index (χ1v) is 4.35. The molecule has 4 heteroatoms. The SMILES string of the molecule is Cc1nncs1.c1ccncc1. The predicted molar refractivity (Wildman–Crippen MR) is 48.9 cm³/mol. The van der Waals surface area contributed by atoms with Crippen molar-refractivity contribution in [2.45, 2.75) is 6.92 Å². The number of aryl methyl sites for hydroxylation is 1. The summed E-state index contributed by atoms with van der Waals surface area (Å²) in [6.07, 6.45) is 3.50. The lowest BCUT2D eigenvalue weighted by molar-refractivity contribution is 1.05. The van der Waals surface area contributed by atoms with Gasteiger partial charge in [-0.15, -0.1) is 21.5 Å². The van der Waals surface area contributed by atoms with E-state index in [-0.39, 0.29) is 0 Å². The molecule has 62 valence electrons. The zero-order valence-electron chi connectivity index (χ0n) is 6.71. The van der Waals surface area contributed by atoms with Crippen LogP contribution in [0.4, 0.5) is 0 Å². The van der Waals surface area contributed by atoms with Gasteiger partial charge in [-0.05, 0) is 19.1 Å². The smallest absolute Gasteiger partial charge is 0.114 e. The largest absolute Gasteiger partial charge is 0.265 e. The summed E-state index contributed by atoms with van der Waals surface area (Å²) in [7, 11) is 0. The molecule has 2 heterocycles. The predicted octanol–water partition coefficient (Wildman–Crippen LogP) is 1.93. The summed E-state index contributed by atoms with van der Waals surface area (Å²) in [5.41, 5.74) is 1.72. The maximum Gasteiger partial charge on any atom is 0.114 e. The second-order valence-corrected chi connectivity index (χ2v) is 3.02. The van der Waals surface area contributed by atoms with Crippen LogP contribution in [0, 0.1) is 6.92 Å². The molecule has 0 saturated heterocycles. The Bertz CT molecular complexity index is 254. The topological polar surface area (TPSA) is 38.7 Å². The second kappa shape index (κ2) is 5.37. The lowest BCUT2D eigenvalue weighted by Crippen LogP contribution is -1.64. The molecule has 0 saturated carbocycles. The van der Waals surface area contributed by atoms with Gasteiger partial charge in [-0.2, -0.15) is 0 Å². The van der Waals surface area contributed by atoms with Crippen LogP contribution in [0.1, 0.15) is 5.01 Å². The number of hydrogen-bond acceptors (Lipinski definition) is 4. The minimum atomic E-state index is 1.02. The normalized spacial score (nSPS) is 8.42. The molecule has 2 aromatic heterocycles. The molecule has 0 unspecified atom stereocenters. The van der Waals surface area contributed by atoms with Crippen molar-refractivity contribution in [2.75, 3.05) is 0 Å². The van der Waals surface area contributed by atoms with E-state index in [2.05, 4.69) is 15.2 Å². The molecular formula is C8H9N3S. The fraction of sp³-hybridized carbons (Fsp3) is 0.125. The summed E-state index contributed by atoms with van der Waals surface area (Å²) in [4.78, 5) is 3.78. The zero-order valence-corrected chi connectivity index (χ0v) is 7.53. The van der Waals surface area contributed by atoms with Gasteiger partial charge in [-0.1, -0.05) is 6.07 Å². The molecule has 0 aromatic carbocycles. The van der Waals surface area contributed by atoms with Crippen molar-refractivity contribution < 1.29 is 0 Å². The van der Waals surface area contributed by atoms with Crippen molar-refractivity contribution >= 4 is 11.3 Å². The van der Waals surface area contributed by atoms with Crippen LogP contribution in [0.3, 0.4) is 0 Å². The van der Waals surface area contributed by atoms with Gasteiger partial charge in [0.2, 0.25) is 0 Å². The Kier molecular flexibility index (Phi) is 3.94. The molecule has 2 rings (SSSR count). The molecule has 0 fully saturated rings. The third kappa shape index (κ3) is 3.78. The van der Waals surface area contributed by atoms with E-state index in [9.17, 15) is 0 Å². The summed E-state index contributed by atoms with van der Waals surface area (Å²) in [5, 5.41) is 8.30. The van der Waals surface area contributed by atoms with Crippen molar-refractivity contribution in [3.63, 3.8) is 0 Å². The first-order valence-electron chi connectivity index (χ1n) is 3.47. The summed E-state index contributed by atoms with van der Waals surface area (Å²) in [6, 6.07) is 5.72. The van der Waals surface area contributed by atoms with Crippen LogP contribution in [-0.4, -0.2) is 15.2 Å². The Morgan fingerprint density at radius 3 is 2.08 bits per heavy atom. The van der Waals surface area contributed by atoms with E-state index in [1.165, 1.54) is 0 Å². The van der Waals surface area contributed by atoms with Crippen LogP contribution in [0.2, 0.25) is 0 Å². The molecule has 2 aromatic rings. The van der Waals surface area contributed by atoms with Gasteiger partial charge >= 0.3 is 0 Å². The second-order valence-electron chi connectivity index (χ2n) is 1.98. The number of aromatic nitrogens is 3. The lowest BCUT2D eigenvalue weighted by Gasteiger charge is -1.70. The van der Waals surface area contributed by atoms with E-state index in [4.69, 9.17) is 0 Å². The maximum atomic E-state index is 3.78. The Morgan fingerprint density at radius 2 is 1.92 bits per heavy atom. The quantitative estimate of drug-likeness (QED) is 0.620. The highest BCUT2D eigenvalue weighted by Gasteiger charge is 1.78. The van der Waals surface area contributed by atoms with E-state index < -0.39 is 0 Å². The van der Waals surface area contributed by atoms with Gasteiger partial charge in [0.25, 0.3) is 0 Å². The average molecular weight is 179 g/mol. The monoisotopic (exact) mass is 179 g/mol. The Labute approximate surface area is 75.1 Å². The van der Waals surface area contributed by atoms with Gasteiger partial charge in [-0.3, -0.25) is 4.98 Å².